The van der Waals surface area contributed by atoms with E-state index in [9.17, 15) is 4.79 Å². The Bertz CT molecular complexity index is 451. The summed E-state index contributed by atoms with van der Waals surface area (Å²) in [5.41, 5.74) is 1.73. The highest BCUT2D eigenvalue weighted by atomic mass is 79.9. The lowest BCUT2D eigenvalue weighted by atomic mass is 10.1. The molecular weight excluding hydrogens is 386 g/mol. The molecule has 1 fully saturated rings. The third-order valence-corrected chi connectivity index (χ3v) is 4.23. The van der Waals surface area contributed by atoms with E-state index >= 15 is 0 Å². The summed E-state index contributed by atoms with van der Waals surface area (Å²) in [4.78, 5) is 15.8. The molecule has 0 radical (unpaired) electrons. The molecule has 114 valence electrons. The van der Waals surface area contributed by atoms with E-state index in [-0.39, 0.29) is 24.8 Å². The highest BCUT2D eigenvalue weighted by Crippen LogP contribution is 2.21. The Kier molecular flexibility index (Phi) is 9.31. The Hall–Kier alpha value is 0.160. The van der Waals surface area contributed by atoms with Crippen molar-refractivity contribution in [3.63, 3.8) is 0 Å². The van der Waals surface area contributed by atoms with Crippen LogP contribution in [-0.4, -0.2) is 48.3 Å². The van der Waals surface area contributed by atoms with Gasteiger partial charge in [0, 0.05) is 42.8 Å². The van der Waals surface area contributed by atoms with E-state index in [2.05, 4.69) is 32.8 Å². The number of benzene rings is 1. The first kappa shape index (κ1) is 20.2. The smallest absolute Gasteiger partial charge is 0.252 e. The van der Waals surface area contributed by atoms with Gasteiger partial charge in [-0.2, -0.15) is 0 Å². The van der Waals surface area contributed by atoms with E-state index < -0.39 is 5.24 Å². The molecule has 0 atom stereocenters. The van der Waals surface area contributed by atoms with Crippen LogP contribution in [0.5, 0.6) is 0 Å². The van der Waals surface area contributed by atoms with Gasteiger partial charge in [-0.25, -0.2) is 0 Å². The number of rotatable bonds is 3. The summed E-state index contributed by atoms with van der Waals surface area (Å²) < 4.78 is 0.952. The van der Waals surface area contributed by atoms with Gasteiger partial charge in [0.1, 0.15) is 0 Å². The van der Waals surface area contributed by atoms with Gasteiger partial charge in [-0.15, -0.1) is 24.8 Å². The topological polar surface area (TPSA) is 23.6 Å². The van der Waals surface area contributed by atoms with E-state index in [1.54, 1.807) is 12.1 Å². The molecule has 2 rings (SSSR count). The number of halogens is 4. The molecular formula is C13H18BrCl3N2O. The molecule has 0 spiro atoms. The molecule has 0 N–H and O–H groups in total. The summed E-state index contributed by atoms with van der Waals surface area (Å²) >= 11 is 8.97. The maximum atomic E-state index is 11.1. The van der Waals surface area contributed by atoms with E-state index in [0.29, 0.717) is 5.56 Å². The molecule has 0 aromatic heterocycles. The van der Waals surface area contributed by atoms with Gasteiger partial charge in [0.25, 0.3) is 5.24 Å². The monoisotopic (exact) mass is 402 g/mol. The largest absolute Gasteiger partial charge is 0.304 e. The van der Waals surface area contributed by atoms with Crippen LogP contribution in [0.3, 0.4) is 0 Å². The van der Waals surface area contributed by atoms with Crippen molar-refractivity contribution in [2.45, 2.75) is 6.54 Å². The minimum absolute atomic E-state index is 0. The number of piperazine rings is 1. The molecule has 0 saturated carbocycles. The Balaban J connectivity index is 0.00000180. The van der Waals surface area contributed by atoms with Crippen LogP contribution in [0, 0.1) is 0 Å². The van der Waals surface area contributed by atoms with Crippen LogP contribution >= 0.6 is 52.3 Å². The highest BCUT2D eigenvalue weighted by molar-refractivity contribution is 9.10. The zero-order valence-corrected chi connectivity index (χ0v) is 15.1. The predicted octanol–water partition coefficient (Wildman–Crippen LogP) is 3.42. The first-order valence-electron chi connectivity index (χ1n) is 5.95. The first-order valence-corrected chi connectivity index (χ1v) is 7.12. The summed E-state index contributed by atoms with van der Waals surface area (Å²) in [6.45, 7) is 5.29. The summed E-state index contributed by atoms with van der Waals surface area (Å²) in [6.07, 6.45) is 0. The lowest BCUT2D eigenvalue weighted by molar-refractivity contribution is 0.108. The summed E-state index contributed by atoms with van der Waals surface area (Å²) in [5, 5.41) is -0.415. The molecule has 0 bridgehead atoms. The number of likely N-dealkylation sites (N-methyl/N-ethyl adjacent to an activating group) is 1. The van der Waals surface area contributed by atoms with Crippen LogP contribution in [0.2, 0.25) is 0 Å². The Morgan fingerprint density at radius 2 is 1.85 bits per heavy atom. The molecule has 7 heteroatoms. The summed E-state index contributed by atoms with van der Waals surface area (Å²) in [6, 6.07) is 5.55. The molecule has 1 aliphatic rings. The first-order chi connectivity index (χ1) is 8.56. The number of carbonyl (C=O) groups excluding carboxylic acids is 1. The van der Waals surface area contributed by atoms with E-state index in [0.717, 1.165) is 37.2 Å². The van der Waals surface area contributed by atoms with Crippen LogP contribution < -0.4 is 0 Å². The van der Waals surface area contributed by atoms with Crippen molar-refractivity contribution >= 4 is 57.6 Å². The van der Waals surface area contributed by atoms with Gasteiger partial charge >= 0.3 is 0 Å². The van der Waals surface area contributed by atoms with Crippen molar-refractivity contribution < 1.29 is 4.79 Å². The molecule has 0 unspecified atom stereocenters. The van der Waals surface area contributed by atoms with Crippen molar-refractivity contribution in [3.05, 3.63) is 33.8 Å². The maximum absolute atomic E-state index is 11.1. The van der Waals surface area contributed by atoms with Crippen LogP contribution in [0.15, 0.2) is 22.7 Å². The van der Waals surface area contributed by atoms with E-state index in [1.807, 2.05) is 6.07 Å². The van der Waals surface area contributed by atoms with Crippen molar-refractivity contribution in [1.29, 1.82) is 0 Å². The predicted molar refractivity (Wildman–Crippen MR) is 91.6 cm³/mol. The quantitative estimate of drug-likeness (QED) is 0.722. The SMILES string of the molecule is CN1CCN(Cc2ccc(C(=O)Cl)cc2Br)CC1.Cl.Cl. The number of nitrogens with zero attached hydrogens (tertiary/aromatic N) is 2. The van der Waals surface area contributed by atoms with Crippen LogP contribution in [-0.2, 0) is 6.54 Å². The van der Waals surface area contributed by atoms with Crippen LogP contribution in [0.4, 0.5) is 0 Å². The van der Waals surface area contributed by atoms with Gasteiger partial charge in [-0.05, 0) is 36.3 Å². The van der Waals surface area contributed by atoms with Crippen LogP contribution in [0.25, 0.3) is 0 Å². The molecule has 3 nitrogen and oxygen atoms in total. The minimum Gasteiger partial charge on any atom is -0.304 e. The minimum atomic E-state index is -0.415. The van der Waals surface area contributed by atoms with E-state index in [1.165, 1.54) is 5.56 Å². The maximum Gasteiger partial charge on any atom is 0.252 e. The Morgan fingerprint density at radius 3 is 2.35 bits per heavy atom. The second-order valence-electron chi connectivity index (χ2n) is 4.66. The van der Waals surface area contributed by atoms with Crippen molar-refractivity contribution in [3.8, 4) is 0 Å². The molecule has 1 heterocycles. The molecule has 1 aromatic rings. The highest BCUT2D eigenvalue weighted by Gasteiger charge is 2.15. The van der Waals surface area contributed by atoms with Gasteiger partial charge in [-0.1, -0.05) is 22.0 Å². The fourth-order valence-corrected chi connectivity index (χ4v) is 2.67. The molecule has 1 aromatic carbocycles. The van der Waals surface area contributed by atoms with Crippen LogP contribution in [0.1, 0.15) is 15.9 Å². The summed E-state index contributed by atoms with van der Waals surface area (Å²) in [7, 11) is 2.15. The van der Waals surface area contributed by atoms with Gasteiger partial charge in [0.15, 0.2) is 0 Å². The van der Waals surface area contributed by atoms with Gasteiger partial charge < -0.3 is 4.90 Å². The fraction of sp³-hybridized carbons (Fsp3) is 0.462. The zero-order chi connectivity index (χ0) is 13.1. The lowest BCUT2D eigenvalue weighted by Gasteiger charge is -2.32. The van der Waals surface area contributed by atoms with Crippen molar-refractivity contribution in [1.82, 2.24) is 9.80 Å². The average molecular weight is 405 g/mol. The van der Waals surface area contributed by atoms with Gasteiger partial charge in [0.2, 0.25) is 0 Å². The second kappa shape index (κ2) is 9.23. The number of carbonyl (C=O) groups is 1. The van der Waals surface area contributed by atoms with Gasteiger partial charge in [0.05, 0.1) is 0 Å². The van der Waals surface area contributed by atoms with Gasteiger partial charge in [-0.3, -0.25) is 9.69 Å². The number of hydrogen-bond acceptors (Lipinski definition) is 3. The third-order valence-electron chi connectivity index (χ3n) is 3.27. The average Bonchev–Trinajstić information content (AvgIpc) is 2.34. The molecule has 0 aliphatic carbocycles. The standard InChI is InChI=1S/C13H16BrClN2O.2ClH/c1-16-4-6-17(7-5-16)9-11-3-2-10(13(15)18)8-12(11)14;;/h2-3,8H,4-7,9H2,1H3;2*1H. The zero-order valence-electron chi connectivity index (χ0n) is 11.1. The third kappa shape index (κ3) is 5.51. The molecule has 20 heavy (non-hydrogen) atoms. The molecule has 1 saturated heterocycles. The summed E-state index contributed by atoms with van der Waals surface area (Å²) in [5.74, 6) is 0. The molecule has 1 aliphatic heterocycles. The number of hydrogen-bond donors (Lipinski definition) is 0. The Labute approximate surface area is 145 Å². The lowest BCUT2D eigenvalue weighted by Crippen LogP contribution is -2.43. The Morgan fingerprint density at radius 1 is 1.25 bits per heavy atom. The van der Waals surface area contributed by atoms with E-state index in [4.69, 9.17) is 11.6 Å². The van der Waals surface area contributed by atoms with Crippen molar-refractivity contribution in [2.75, 3.05) is 33.2 Å². The fourth-order valence-electron chi connectivity index (χ4n) is 2.04. The van der Waals surface area contributed by atoms with Crippen molar-refractivity contribution in [2.24, 2.45) is 0 Å². The normalized spacial score (nSPS) is 16.1. The molecule has 0 amide bonds. The second-order valence-corrected chi connectivity index (χ2v) is 5.86.